The van der Waals surface area contributed by atoms with E-state index in [2.05, 4.69) is 0 Å². The van der Waals surface area contributed by atoms with Gasteiger partial charge in [-0.2, -0.15) is 4.31 Å². The number of nitrogens with zero attached hydrogens (tertiary/aromatic N) is 2. The van der Waals surface area contributed by atoms with Crippen LogP contribution in [0.3, 0.4) is 0 Å². The molecular formula is C22H22Cl2N2O6S. The van der Waals surface area contributed by atoms with E-state index in [4.69, 9.17) is 32.7 Å². The first-order valence-electron chi connectivity index (χ1n) is 10.4. The maximum absolute atomic E-state index is 13.0. The molecule has 1 fully saturated rings. The van der Waals surface area contributed by atoms with Crippen molar-refractivity contribution in [1.29, 1.82) is 0 Å². The van der Waals surface area contributed by atoms with Gasteiger partial charge in [0, 0.05) is 25.3 Å². The molecule has 0 bridgehead atoms. The van der Waals surface area contributed by atoms with E-state index < -0.39 is 22.1 Å². The van der Waals surface area contributed by atoms with Crippen molar-refractivity contribution in [2.24, 2.45) is 0 Å². The van der Waals surface area contributed by atoms with Gasteiger partial charge in [0.15, 0.2) is 6.10 Å². The van der Waals surface area contributed by atoms with Crippen molar-refractivity contribution in [3.63, 3.8) is 0 Å². The van der Waals surface area contributed by atoms with Crippen LogP contribution in [0.25, 0.3) is 0 Å². The Kier molecular flexibility index (Phi) is 6.97. The number of amides is 1. The van der Waals surface area contributed by atoms with Crippen LogP contribution in [0.15, 0.2) is 41.3 Å². The molecule has 11 heteroatoms. The summed E-state index contributed by atoms with van der Waals surface area (Å²) in [5.74, 6) is -1.29. The smallest absolute Gasteiger partial charge is 0.340 e. The monoisotopic (exact) mass is 512 g/mol. The van der Waals surface area contributed by atoms with Gasteiger partial charge in [0.05, 0.1) is 28.8 Å². The molecule has 33 heavy (non-hydrogen) atoms. The summed E-state index contributed by atoms with van der Waals surface area (Å²) in [7, 11) is -3.98. The first-order valence-corrected chi connectivity index (χ1v) is 12.6. The van der Waals surface area contributed by atoms with Crippen LogP contribution in [0.5, 0.6) is 0 Å². The molecule has 0 N–H and O–H groups in total. The largest absolute Gasteiger partial charge is 0.449 e. The predicted octanol–water partition coefficient (Wildman–Crippen LogP) is 3.15. The number of sulfonamides is 1. The van der Waals surface area contributed by atoms with Gasteiger partial charge in [-0.25, -0.2) is 13.2 Å². The Hall–Kier alpha value is -2.17. The Bertz CT molecular complexity index is 1200. The molecule has 0 aromatic heterocycles. The molecule has 1 atom stereocenters. The minimum atomic E-state index is -3.98. The molecule has 2 aromatic carbocycles. The fourth-order valence-corrected chi connectivity index (χ4v) is 6.10. The van der Waals surface area contributed by atoms with Gasteiger partial charge in [-0.1, -0.05) is 41.4 Å². The summed E-state index contributed by atoms with van der Waals surface area (Å²) in [6.07, 6.45) is -0.386. The first-order chi connectivity index (χ1) is 15.7. The highest BCUT2D eigenvalue weighted by Gasteiger charge is 2.33. The molecule has 1 unspecified atom stereocenters. The van der Waals surface area contributed by atoms with E-state index in [0.717, 1.165) is 17.3 Å². The Balaban J connectivity index is 1.55. The van der Waals surface area contributed by atoms with Gasteiger partial charge in [-0.15, -0.1) is 0 Å². The van der Waals surface area contributed by atoms with E-state index in [-0.39, 0.29) is 52.7 Å². The Morgan fingerprint density at radius 1 is 1.06 bits per heavy atom. The molecular weight excluding hydrogens is 491 g/mol. The zero-order valence-corrected chi connectivity index (χ0v) is 20.1. The SMILES string of the molecule is CC(OC(=O)c1cc(S(=O)(=O)N2CCOCC2)c(Cl)cc1Cl)C(=O)N1CCc2ccccc21. The molecule has 2 aliphatic heterocycles. The van der Waals surface area contributed by atoms with Gasteiger partial charge in [0.2, 0.25) is 10.0 Å². The number of benzene rings is 2. The fraction of sp³-hybridized carbons (Fsp3) is 0.364. The van der Waals surface area contributed by atoms with Gasteiger partial charge >= 0.3 is 5.97 Å². The molecule has 2 aromatic rings. The summed E-state index contributed by atoms with van der Waals surface area (Å²) >= 11 is 12.3. The third-order valence-electron chi connectivity index (χ3n) is 5.61. The molecule has 0 aliphatic carbocycles. The number of halogens is 2. The van der Waals surface area contributed by atoms with Crippen molar-refractivity contribution >= 4 is 50.8 Å². The van der Waals surface area contributed by atoms with Crippen LogP contribution >= 0.6 is 23.2 Å². The van der Waals surface area contributed by atoms with Gasteiger partial charge < -0.3 is 14.4 Å². The number of anilines is 1. The minimum absolute atomic E-state index is 0.0721. The number of fused-ring (bicyclic) bond motifs is 1. The number of para-hydroxylation sites is 1. The quantitative estimate of drug-likeness (QED) is 0.571. The summed E-state index contributed by atoms with van der Waals surface area (Å²) in [5, 5.41) is -0.182. The number of carbonyl (C=O) groups excluding carboxylic acids is 2. The molecule has 2 aliphatic rings. The topological polar surface area (TPSA) is 93.2 Å². The van der Waals surface area contributed by atoms with Crippen LogP contribution in [0, 0.1) is 0 Å². The fourth-order valence-electron chi connectivity index (χ4n) is 3.87. The van der Waals surface area contributed by atoms with Crippen LogP contribution in [0.2, 0.25) is 10.0 Å². The molecule has 2 heterocycles. The average molecular weight is 513 g/mol. The van der Waals surface area contributed by atoms with Crippen molar-refractivity contribution in [2.75, 3.05) is 37.7 Å². The van der Waals surface area contributed by atoms with Gasteiger partial charge in [0.25, 0.3) is 5.91 Å². The third-order valence-corrected chi connectivity index (χ3v) is 8.29. The van der Waals surface area contributed by atoms with E-state index in [9.17, 15) is 18.0 Å². The molecule has 1 amide bonds. The lowest BCUT2D eigenvalue weighted by Crippen LogP contribution is -2.40. The molecule has 1 saturated heterocycles. The van der Waals surface area contributed by atoms with Crippen LogP contribution in [-0.4, -0.2) is 63.6 Å². The Morgan fingerprint density at radius 3 is 2.48 bits per heavy atom. The maximum atomic E-state index is 13.0. The van der Waals surface area contributed by atoms with E-state index in [1.54, 1.807) is 4.90 Å². The first kappa shape index (κ1) is 24.0. The van der Waals surface area contributed by atoms with Crippen molar-refractivity contribution in [2.45, 2.75) is 24.3 Å². The predicted molar refractivity (Wildman–Crippen MR) is 123 cm³/mol. The van der Waals surface area contributed by atoms with Gasteiger partial charge in [0.1, 0.15) is 4.90 Å². The average Bonchev–Trinajstić information content (AvgIpc) is 3.23. The summed E-state index contributed by atoms with van der Waals surface area (Å²) < 4.78 is 37.9. The molecule has 0 spiro atoms. The maximum Gasteiger partial charge on any atom is 0.340 e. The molecule has 0 radical (unpaired) electrons. The van der Waals surface area contributed by atoms with Crippen molar-refractivity contribution < 1.29 is 27.5 Å². The van der Waals surface area contributed by atoms with Gasteiger partial charge in [-0.3, -0.25) is 4.79 Å². The molecule has 8 nitrogen and oxygen atoms in total. The number of morpholine rings is 1. The number of rotatable bonds is 5. The van der Waals surface area contributed by atoms with Crippen molar-refractivity contribution in [1.82, 2.24) is 4.31 Å². The number of hydrogen-bond acceptors (Lipinski definition) is 6. The van der Waals surface area contributed by atoms with Gasteiger partial charge in [-0.05, 0) is 37.1 Å². The number of esters is 1. The van der Waals surface area contributed by atoms with E-state index in [1.165, 1.54) is 17.3 Å². The highest BCUT2D eigenvalue weighted by Crippen LogP contribution is 2.32. The van der Waals surface area contributed by atoms with Crippen LogP contribution in [0.4, 0.5) is 5.69 Å². The second-order valence-corrected chi connectivity index (χ2v) is 10.4. The highest BCUT2D eigenvalue weighted by molar-refractivity contribution is 7.89. The molecule has 0 saturated carbocycles. The zero-order chi connectivity index (χ0) is 23.8. The second kappa shape index (κ2) is 9.60. The van der Waals surface area contributed by atoms with Crippen molar-refractivity contribution in [3.05, 3.63) is 57.6 Å². The molecule has 176 valence electrons. The number of hydrogen-bond donors (Lipinski definition) is 0. The Morgan fingerprint density at radius 2 is 1.76 bits per heavy atom. The summed E-state index contributed by atoms with van der Waals surface area (Å²) in [4.78, 5) is 27.1. The van der Waals surface area contributed by atoms with Crippen LogP contribution in [0.1, 0.15) is 22.8 Å². The van der Waals surface area contributed by atoms with E-state index in [1.807, 2.05) is 24.3 Å². The normalized spacial score (nSPS) is 17.5. The lowest BCUT2D eigenvalue weighted by Gasteiger charge is -2.26. The third kappa shape index (κ3) is 4.74. The zero-order valence-electron chi connectivity index (χ0n) is 17.8. The highest BCUT2D eigenvalue weighted by atomic mass is 35.5. The van der Waals surface area contributed by atoms with Crippen LogP contribution < -0.4 is 4.90 Å². The number of ether oxygens (including phenoxy) is 2. The Labute approximate surface area is 202 Å². The summed E-state index contributed by atoms with van der Waals surface area (Å²) in [6, 6.07) is 9.82. The summed E-state index contributed by atoms with van der Waals surface area (Å²) in [6.45, 7) is 2.82. The van der Waals surface area contributed by atoms with E-state index in [0.29, 0.717) is 13.0 Å². The minimum Gasteiger partial charge on any atom is -0.449 e. The summed E-state index contributed by atoms with van der Waals surface area (Å²) in [5.41, 5.74) is 1.64. The van der Waals surface area contributed by atoms with Crippen molar-refractivity contribution in [3.8, 4) is 0 Å². The second-order valence-electron chi connectivity index (χ2n) is 7.70. The molecule has 4 rings (SSSR count). The standard InChI is InChI=1S/C22H22Cl2N2O6S/c1-14(21(27)26-7-6-15-4-2-3-5-19(15)26)32-22(28)16-12-20(18(24)13-17(16)23)33(29,30)25-8-10-31-11-9-25/h2-5,12-14H,6-11H2,1H3. The lowest BCUT2D eigenvalue weighted by atomic mass is 10.2. The lowest BCUT2D eigenvalue weighted by molar-refractivity contribution is -0.126. The number of carbonyl (C=O) groups is 2. The van der Waals surface area contributed by atoms with Crippen LogP contribution in [-0.2, 0) is 30.7 Å². The van der Waals surface area contributed by atoms with E-state index >= 15 is 0 Å².